The highest BCUT2D eigenvalue weighted by molar-refractivity contribution is 5.95. The summed E-state index contributed by atoms with van der Waals surface area (Å²) < 4.78 is 1.79. The Kier molecular flexibility index (Phi) is 4.20. The van der Waals surface area contributed by atoms with Gasteiger partial charge in [-0.1, -0.05) is 30.3 Å². The van der Waals surface area contributed by atoms with E-state index >= 15 is 0 Å². The molecule has 2 rings (SSSR count). The third-order valence-electron chi connectivity index (χ3n) is 2.98. The van der Waals surface area contributed by atoms with E-state index in [1.165, 1.54) is 6.92 Å². The third kappa shape index (κ3) is 3.26. The summed E-state index contributed by atoms with van der Waals surface area (Å²) in [6, 6.07) is 12.3. The molecule has 5 nitrogen and oxygen atoms in total. The smallest absolute Gasteiger partial charge is 0.325 e. The molecular weight excluding hydrogens is 256 g/mol. The van der Waals surface area contributed by atoms with E-state index in [0.717, 1.165) is 5.56 Å². The standard InChI is InChI=1S/C15H16N2O3/c1-11(15(19)20)16-14(18)13-8-5-9-17(13)10-12-6-3-2-4-7-12/h2-9,11H,10H2,1H3,(H,16,18)(H,19,20). The molecule has 0 saturated carbocycles. The number of benzene rings is 1. The molecule has 0 radical (unpaired) electrons. The molecule has 0 aliphatic heterocycles. The highest BCUT2D eigenvalue weighted by Crippen LogP contribution is 2.08. The van der Waals surface area contributed by atoms with Gasteiger partial charge in [0.25, 0.3) is 5.91 Å². The summed E-state index contributed by atoms with van der Waals surface area (Å²) in [6.07, 6.45) is 1.80. The predicted molar refractivity (Wildman–Crippen MR) is 74.5 cm³/mol. The fourth-order valence-corrected chi connectivity index (χ4v) is 1.87. The fraction of sp³-hybridized carbons (Fsp3) is 0.200. The summed E-state index contributed by atoms with van der Waals surface area (Å²) in [7, 11) is 0. The van der Waals surface area contributed by atoms with Crippen LogP contribution in [0.15, 0.2) is 48.7 Å². The van der Waals surface area contributed by atoms with Crippen LogP contribution in [0.25, 0.3) is 0 Å². The van der Waals surface area contributed by atoms with Crippen LogP contribution in [0.5, 0.6) is 0 Å². The van der Waals surface area contributed by atoms with Crippen molar-refractivity contribution >= 4 is 11.9 Å². The van der Waals surface area contributed by atoms with Crippen LogP contribution in [-0.4, -0.2) is 27.6 Å². The molecule has 0 aliphatic rings. The first-order valence-corrected chi connectivity index (χ1v) is 6.30. The van der Waals surface area contributed by atoms with E-state index in [1.807, 2.05) is 30.3 Å². The van der Waals surface area contributed by atoms with Gasteiger partial charge in [0.15, 0.2) is 0 Å². The number of carbonyl (C=O) groups is 2. The number of rotatable bonds is 5. The van der Waals surface area contributed by atoms with E-state index < -0.39 is 12.0 Å². The van der Waals surface area contributed by atoms with Crippen molar-refractivity contribution in [2.75, 3.05) is 0 Å². The lowest BCUT2D eigenvalue weighted by atomic mass is 10.2. The molecule has 1 amide bonds. The first-order chi connectivity index (χ1) is 9.58. The van der Waals surface area contributed by atoms with Crippen LogP contribution < -0.4 is 5.32 Å². The zero-order valence-electron chi connectivity index (χ0n) is 11.1. The van der Waals surface area contributed by atoms with Crippen molar-refractivity contribution < 1.29 is 14.7 Å². The Morgan fingerprint density at radius 1 is 1.20 bits per heavy atom. The number of nitrogens with zero attached hydrogens (tertiary/aromatic N) is 1. The highest BCUT2D eigenvalue weighted by Gasteiger charge is 2.17. The Hall–Kier alpha value is -2.56. The Labute approximate surface area is 116 Å². The topological polar surface area (TPSA) is 71.3 Å². The van der Waals surface area contributed by atoms with Gasteiger partial charge in [0, 0.05) is 12.7 Å². The number of carboxylic acids is 1. The number of amides is 1. The molecule has 1 atom stereocenters. The maximum Gasteiger partial charge on any atom is 0.325 e. The zero-order chi connectivity index (χ0) is 14.5. The van der Waals surface area contributed by atoms with E-state index in [-0.39, 0.29) is 5.91 Å². The zero-order valence-corrected chi connectivity index (χ0v) is 11.1. The normalized spacial score (nSPS) is 11.8. The van der Waals surface area contributed by atoms with Crippen molar-refractivity contribution in [2.24, 2.45) is 0 Å². The predicted octanol–water partition coefficient (Wildman–Crippen LogP) is 1.74. The first kappa shape index (κ1) is 13.9. The summed E-state index contributed by atoms with van der Waals surface area (Å²) in [5.74, 6) is -1.44. The molecule has 5 heteroatoms. The number of carbonyl (C=O) groups excluding carboxylic acids is 1. The average molecular weight is 272 g/mol. The molecule has 1 unspecified atom stereocenters. The van der Waals surface area contributed by atoms with E-state index in [1.54, 1.807) is 22.9 Å². The van der Waals surface area contributed by atoms with E-state index in [2.05, 4.69) is 5.32 Å². The molecule has 104 valence electrons. The van der Waals surface area contributed by atoms with E-state index in [0.29, 0.717) is 12.2 Å². The van der Waals surface area contributed by atoms with Crippen LogP contribution in [0.1, 0.15) is 23.0 Å². The summed E-state index contributed by atoms with van der Waals surface area (Å²) in [5.41, 5.74) is 1.52. The molecule has 0 bridgehead atoms. The molecule has 2 aromatic rings. The molecular formula is C15H16N2O3. The van der Waals surface area contributed by atoms with Crippen LogP contribution in [0.3, 0.4) is 0 Å². The second-order valence-corrected chi connectivity index (χ2v) is 4.54. The number of aliphatic carboxylic acids is 1. The molecule has 0 fully saturated rings. The second kappa shape index (κ2) is 6.06. The van der Waals surface area contributed by atoms with Crippen molar-refractivity contribution in [3.05, 3.63) is 59.9 Å². The van der Waals surface area contributed by atoms with Crippen LogP contribution in [0.4, 0.5) is 0 Å². The maximum absolute atomic E-state index is 12.0. The van der Waals surface area contributed by atoms with E-state index in [9.17, 15) is 9.59 Å². The lowest BCUT2D eigenvalue weighted by Crippen LogP contribution is -2.39. The minimum atomic E-state index is -1.06. The lowest BCUT2D eigenvalue weighted by molar-refractivity contribution is -0.138. The van der Waals surface area contributed by atoms with Crippen molar-refractivity contribution in [3.63, 3.8) is 0 Å². The molecule has 1 aromatic carbocycles. The molecule has 2 N–H and O–H groups in total. The van der Waals surface area contributed by atoms with Gasteiger partial charge in [0.05, 0.1) is 0 Å². The highest BCUT2D eigenvalue weighted by atomic mass is 16.4. The van der Waals surface area contributed by atoms with Gasteiger partial charge in [-0.15, -0.1) is 0 Å². The third-order valence-corrected chi connectivity index (χ3v) is 2.98. The Bertz CT molecular complexity index is 605. The average Bonchev–Trinajstić information content (AvgIpc) is 2.88. The number of hydrogen-bond donors (Lipinski definition) is 2. The van der Waals surface area contributed by atoms with Gasteiger partial charge < -0.3 is 15.0 Å². The van der Waals surface area contributed by atoms with Crippen molar-refractivity contribution in [2.45, 2.75) is 19.5 Å². The molecule has 0 spiro atoms. The number of carboxylic acid groups (broad SMARTS) is 1. The number of nitrogens with one attached hydrogen (secondary N) is 1. The largest absolute Gasteiger partial charge is 0.480 e. The molecule has 1 aromatic heterocycles. The lowest BCUT2D eigenvalue weighted by Gasteiger charge is -2.12. The van der Waals surface area contributed by atoms with Crippen LogP contribution in [0, 0.1) is 0 Å². The molecule has 0 aliphatic carbocycles. The molecule has 1 heterocycles. The molecule has 0 saturated heterocycles. The van der Waals surface area contributed by atoms with Crippen LogP contribution in [-0.2, 0) is 11.3 Å². The van der Waals surface area contributed by atoms with Gasteiger partial charge in [-0.05, 0) is 24.6 Å². The van der Waals surface area contributed by atoms with Crippen molar-refractivity contribution in [1.82, 2.24) is 9.88 Å². The second-order valence-electron chi connectivity index (χ2n) is 4.54. The summed E-state index contributed by atoms with van der Waals surface area (Å²) >= 11 is 0. The Morgan fingerprint density at radius 3 is 2.55 bits per heavy atom. The Balaban J connectivity index is 2.12. The summed E-state index contributed by atoms with van der Waals surface area (Å²) in [5, 5.41) is 11.3. The van der Waals surface area contributed by atoms with Crippen LogP contribution >= 0.6 is 0 Å². The number of hydrogen-bond acceptors (Lipinski definition) is 2. The van der Waals surface area contributed by atoms with Gasteiger partial charge in [-0.25, -0.2) is 0 Å². The quantitative estimate of drug-likeness (QED) is 0.871. The van der Waals surface area contributed by atoms with Crippen molar-refractivity contribution in [1.29, 1.82) is 0 Å². The SMILES string of the molecule is CC(NC(=O)c1cccn1Cc1ccccc1)C(=O)O. The van der Waals surface area contributed by atoms with Gasteiger partial charge in [-0.2, -0.15) is 0 Å². The van der Waals surface area contributed by atoms with Gasteiger partial charge in [0.2, 0.25) is 0 Å². The van der Waals surface area contributed by atoms with Gasteiger partial charge >= 0.3 is 5.97 Å². The fourth-order valence-electron chi connectivity index (χ4n) is 1.87. The minimum Gasteiger partial charge on any atom is -0.480 e. The summed E-state index contributed by atoms with van der Waals surface area (Å²) in [6.45, 7) is 2.00. The summed E-state index contributed by atoms with van der Waals surface area (Å²) in [4.78, 5) is 22.8. The van der Waals surface area contributed by atoms with Crippen LogP contribution in [0.2, 0.25) is 0 Å². The number of aromatic nitrogens is 1. The first-order valence-electron chi connectivity index (χ1n) is 6.30. The molecule has 20 heavy (non-hydrogen) atoms. The van der Waals surface area contributed by atoms with Gasteiger partial charge in [0.1, 0.15) is 11.7 Å². The van der Waals surface area contributed by atoms with Crippen molar-refractivity contribution in [3.8, 4) is 0 Å². The van der Waals surface area contributed by atoms with Gasteiger partial charge in [-0.3, -0.25) is 9.59 Å². The monoisotopic (exact) mass is 272 g/mol. The van der Waals surface area contributed by atoms with E-state index in [4.69, 9.17) is 5.11 Å². The Morgan fingerprint density at radius 2 is 1.90 bits per heavy atom. The maximum atomic E-state index is 12.0. The minimum absolute atomic E-state index is 0.388.